The molecule has 1 aliphatic heterocycles. The van der Waals surface area contributed by atoms with Gasteiger partial charge < -0.3 is 13.7 Å². The highest BCUT2D eigenvalue weighted by atomic mass is 16.5. The predicted octanol–water partition coefficient (Wildman–Crippen LogP) is 2.63. The van der Waals surface area contributed by atoms with Crippen LogP contribution in [0.4, 0.5) is 0 Å². The van der Waals surface area contributed by atoms with Gasteiger partial charge in [-0.2, -0.15) is 0 Å². The lowest BCUT2D eigenvalue weighted by molar-refractivity contribution is 0.127. The Labute approximate surface area is 130 Å². The van der Waals surface area contributed by atoms with Crippen molar-refractivity contribution in [3.05, 3.63) is 41.9 Å². The van der Waals surface area contributed by atoms with E-state index in [-0.39, 0.29) is 0 Å². The third-order valence-electron chi connectivity index (χ3n) is 4.68. The fourth-order valence-corrected chi connectivity index (χ4v) is 3.50. The van der Waals surface area contributed by atoms with Gasteiger partial charge in [-0.1, -0.05) is 0 Å². The second-order valence-electron chi connectivity index (χ2n) is 6.57. The second kappa shape index (κ2) is 5.89. The Hall–Kier alpha value is -1.59. The summed E-state index contributed by atoms with van der Waals surface area (Å²) in [5.74, 6) is 2.27. The van der Waals surface area contributed by atoms with Crippen molar-refractivity contribution in [2.75, 3.05) is 20.3 Å². The molecular formula is C17H23N3O2. The summed E-state index contributed by atoms with van der Waals surface area (Å²) in [4.78, 5) is 7.09. The number of fused-ring (bicyclic) bond motifs is 1. The molecule has 1 unspecified atom stereocenters. The van der Waals surface area contributed by atoms with E-state index >= 15 is 0 Å². The summed E-state index contributed by atoms with van der Waals surface area (Å²) in [6, 6.07) is 3.98. The van der Waals surface area contributed by atoms with Crippen molar-refractivity contribution in [3.63, 3.8) is 0 Å². The van der Waals surface area contributed by atoms with Gasteiger partial charge in [0.05, 0.1) is 31.4 Å². The number of nitrogens with zero attached hydrogens (tertiary/aromatic N) is 3. The first-order valence-corrected chi connectivity index (χ1v) is 8.11. The van der Waals surface area contributed by atoms with Crippen LogP contribution < -0.4 is 0 Å². The smallest absolute Gasteiger partial charge is 0.117 e. The van der Waals surface area contributed by atoms with Crippen LogP contribution >= 0.6 is 0 Å². The molecule has 2 aromatic rings. The van der Waals surface area contributed by atoms with Crippen LogP contribution in [0, 0.1) is 5.92 Å². The number of hydrogen-bond donors (Lipinski definition) is 0. The van der Waals surface area contributed by atoms with E-state index in [1.807, 2.05) is 18.5 Å². The molecule has 0 aromatic carbocycles. The van der Waals surface area contributed by atoms with Crippen LogP contribution in [0.2, 0.25) is 0 Å². The normalized spacial score (nSPS) is 22.0. The van der Waals surface area contributed by atoms with Crippen LogP contribution in [-0.2, 0) is 24.4 Å². The van der Waals surface area contributed by atoms with Gasteiger partial charge in [0.15, 0.2) is 0 Å². The van der Waals surface area contributed by atoms with Crippen molar-refractivity contribution in [1.82, 2.24) is 14.5 Å². The average Bonchev–Trinajstić information content (AvgIpc) is 3.00. The lowest BCUT2D eigenvalue weighted by Crippen LogP contribution is -2.36. The van der Waals surface area contributed by atoms with Gasteiger partial charge in [-0.05, 0) is 30.9 Å². The van der Waals surface area contributed by atoms with Crippen LogP contribution in [0.25, 0.3) is 0 Å². The number of rotatable bonds is 6. The van der Waals surface area contributed by atoms with Crippen molar-refractivity contribution >= 4 is 0 Å². The zero-order valence-corrected chi connectivity index (χ0v) is 13.1. The molecule has 0 bridgehead atoms. The summed E-state index contributed by atoms with van der Waals surface area (Å²) in [5, 5.41) is 0. The van der Waals surface area contributed by atoms with Crippen LogP contribution in [0.5, 0.6) is 0 Å². The minimum absolute atomic E-state index is 0.393. The Morgan fingerprint density at radius 2 is 2.32 bits per heavy atom. The first-order valence-electron chi connectivity index (χ1n) is 8.11. The first-order chi connectivity index (χ1) is 10.8. The lowest BCUT2D eigenvalue weighted by atomic mass is 9.98. The fourth-order valence-electron chi connectivity index (χ4n) is 3.50. The Morgan fingerprint density at radius 1 is 1.41 bits per heavy atom. The largest absolute Gasteiger partial charge is 0.468 e. The number of ether oxygens (including phenoxy) is 1. The Balaban J connectivity index is 1.55. The van der Waals surface area contributed by atoms with Crippen molar-refractivity contribution in [1.29, 1.82) is 0 Å². The first kappa shape index (κ1) is 14.0. The van der Waals surface area contributed by atoms with E-state index in [2.05, 4.69) is 14.5 Å². The SMILES string of the molecule is COCC1CN(Cc2ccco2)Cc2ncn(CC3CC3)c21. The second-order valence-corrected chi connectivity index (χ2v) is 6.57. The summed E-state index contributed by atoms with van der Waals surface area (Å²) in [7, 11) is 1.78. The molecule has 22 heavy (non-hydrogen) atoms. The van der Waals surface area contributed by atoms with Gasteiger partial charge in [0.2, 0.25) is 0 Å². The molecule has 1 saturated carbocycles. The van der Waals surface area contributed by atoms with Gasteiger partial charge in [0.1, 0.15) is 5.76 Å². The highest BCUT2D eigenvalue weighted by Gasteiger charge is 2.32. The van der Waals surface area contributed by atoms with Crippen LogP contribution in [0.15, 0.2) is 29.1 Å². The van der Waals surface area contributed by atoms with Gasteiger partial charge in [-0.25, -0.2) is 4.98 Å². The van der Waals surface area contributed by atoms with E-state index in [0.29, 0.717) is 5.92 Å². The highest BCUT2D eigenvalue weighted by molar-refractivity contribution is 5.22. The van der Waals surface area contributed by atoms with E-state index in [0.717, 1.165) is 44.5 Å². The van der Waals surface area contributed by atoms with Crippen molar-refractivity contribution in [2.45, 2.75) is 38.4 Å². The summed E-state index contributed by atoms with van der Waals surface area (Å²) < 4.78 is 13.3. The fraction of sp³-hybridized carbons (Fsp3) is 0.588. The molecule has 118 valence electrons. The van der Waals surface area contributed by atoms with Crippen molar-refractivity contribution in [3.8, 4) is 0 Å². The minimum Gasteiger partial charge on any atom is -0.468 e. The average molecular weight is 301 g/mol. The molecule has 3 heterocycles. The van der Waals surface area contributed by atoms with Gasteiger partial charge >= 0.3 is 0 Å². The molecule has 0 radical (unpaired) electrons. The number of methoxy groups -OCH3 is 1. The van der Waals surface area contributed by atoms with Gasteiger partial charge in [-0.3, -0.25) is 4.90 Å². The molecule has 5 heteroatoms. The lowest BCUT2D eigenvalue weighted by Gasteiger charge is -2.32. The van der Waals surface area contributed by atoms with Crippen LogP contribution in [-0.4, -0.2) is 34.7 Å². The Kier molecular flexibility index (Phi) is 3.76. The van der Waals surface area contributed by atoms with Gasteiger partial charge in [0, 0.05) is 38.4 Å². The molecule has 2 aromatic heterocycles. The van der Waals surface area contributed by atoms with Gasteiger partial charge in [-0.15, -0.1) is 0 Å². The number of aromatic nitrogens is 2. The standard InChI is InChI=1S/C17H23N3O2/c1-21-11-14-8-19(9-15-3-2-6-22-15)10-16-17(14)20(12-18-16)7-13-4-5-13/h2-3,6,12-14H,4-5,7-11H2,1H3. The summed E-state index contributed by atoms with van der Waals surface area (Å²) in [6.45, 7) is 4.60. The Bertz CT molecular complexity index is 616. The predicted molar refractivity (Wildman–Crippen MR) is 82.4 cm³/mol. The third-order valence-corrected chi connectivity index (χ3v) is 4.68. The molecule has 0 amide bonds. The van der Waals surface area contributed by atoms with E-state index in [4.69, 9.17) is 9.15 Å². The summed E-state index contributed by atoms with van der Waals surface area (Å²) in [6.07, 6.45) is 6.50. The molecule has 4 rings (SSSR count). The van der Waals surface area contributed by atoms with E-state index in [9.17, 15) is 0 Å². The zero-order chi connectivity index (χ0) is 14.9. The van der Waals surface area contributed by atoms with Crippen LogP contribution in [0.1, 0.15) is 35.9 Å². The molecule has 0 N–H and O–H groups in total. The maximum atomic E-state index is 5.49. The number of imidazole rings is 1. The molecule has 1 fully saturated rings. The molecule has 0 saturated heterocycles. The zero-order valence-electron chi connectivity index (χ0n) is 13.1. The summed E-state index contributed by atoms with van der Waals surface area (Å²) >= 11 is 0. The highest BCUT2D eigenvalue weighted by Crippen LogP contribution is 2.34. The minimum atomic E-state index is 0.393. The molecule has 2 aliphatic rings. The molecule has 0 spiro atoms. The van der Waals surface area contributed by atoms with Crippen molar-refractivity contribution < 1.29 is 9.15 Å². The molecule has 1 aliphatic carbocycles. The van der Waals surface area contributed by atoms with E-state index in [1.165, 1.54) is 24.2 Å². The monoisotopic (exact) mass is 301 g/mol. The topological polar surface area (TPSA) is 43.4 Å². The van der Waals surface area contributed by atoms with Crippen LogP contribution in [0.3, 0.4) is 0 Å². The van der Waals surface area contributed by atoms with E-state index < -0.39 is 0 Å². The van der Waals surface area contributed by atoms with E-state index in [1.54, 1.807) is 13.4 Å². The maximum absolute atomic E-state index is 5.49. The van der Waals surface area contributed by atoms with Crippen molar-refractivity contribution in [2.24, 2.45) is 5.92 Å². The number of hydrogen-bond acceptors (Lipinski definition) is 4. The maximum Gasteiger partial charge on any atom is 0.117 e. The molecule has 1 atom stereocenters. The Morgan fingerprint density at radius 3 is 3.05 bits per heavy atom. The quantitative estimate of drug-likeness (QED) is 0.822. The third kappa shape index (κ3) is 2.83. The molecular weight excluding hydrogens is 278 g/mol. The molecule has 5 nitrogen and oxygen atoms in total. The number of furan rings is 1. The van der Waals surface area contributed by atoms with Gasteiger partial charge in [0.25, 0.3) is 0 Å². The summed E-state index contributed by atoms with van der Waals surface area (Å²) in [5.41, 5.74) is 2.60.